The van der Waals surface area contributed by atoms with Gasteiger partial charge in [0, 0.05) is 31.1 Å². The highest BCUT2D eigenvalue weighted by Gasteiger charge is 2.01. The highest BCUT2D eigenvalue weighted by Crippen LogP contribution is 2.13. The topological polar surface area (TPSA) is 62.0 Å². The molecule has 0 aliphatic heterocycles. The van der Waals surface area contributed by atoms with Crippen LogP contribution < -0.4 is 5.32 Å². The summed E-state index contributed by atoms with van der Waals surface area (Å²) >= 11 is 0. The molecule has 2 rings (SSSR count). The van der Waals surface area contributed by atoms with Crippen molar-refractivity contribution in [1.29, 1.82) is 0 Å². The Morgan fingerprint density at radius 3 is 2.88 bits per heavy atom. The fourth-order valence-corrected chi connectivity index (χ4v) is 2.22. The monoisotopic (exact) mass is 252 g/mol. The Morgan fingerprint density at radius 2 is 2.12 bits per heavy atom. The minimum absolute atomic E-state index is 0.180. The first kappa shape index (κ1) is 12.1. The predicted octanol–water partition coefficient (Wildman–Crippen LogP) is 1.30. The van der Waals surface area contributed by atoms with Crippen LogP contribution in [0.1, 0.15) is 5.56 Å². The van der Waals surface area contributed by atoms with Gasteiger partial charge in [-0.15, -0.1) is 0 Å². The van der Waals surface area contributed by atoms with Crippen molar-refractivity contribution >= 4 is 20.7 Å². The molecule has 0 amide bonds. The van der Waals surface area contributed by atoms with Crippen molar-refractivity contribution in [1.82, 2.24) is 10.3 Å². The van der Waals surface area contributed by atoms with Gasteiger partial charge in [-0.3, -0.25) is 0 Å². The second kappa shape index (κ2) is 4.89. The van der Waals surface area contributed by atoms with E-state index < -0.39 is 9.84 Å². The zero-order valence-electron chi connectivity index (χ0n) is 9.73. The van der Waals surface area contributed by atoms with E-state index >= 15 is 0 Å². The van der Waals surface area contributed by atoms with Crippen LogP contribution in [0, 0.1) is 0 Å². The largest absolute Gasteiger partial charge is 0.361 e. The van der Waals surface area contributed by atoms with Crippen molar-refractivity contribution in [3.8, 4) is 0 Å². The molecule has 0 saturated carbocycles. The van der Waals surface area contributed by atoms with E-state index in [1.54, 1.807) is 0 Å². The summed E-state index contributed by atoms with van der Waals surface area (Å²) in [6.07, 6.45) is 3.16. The second-order valence-corrected chi connectivity index (χ2v) is 6.47. The highest BCUT2D eigenvalue weighted by atomic mass is 32.2. The molecular formula is C12H16N2O2S. The van der Waals surface area contributed by atoms with Gasteiger partial charge in [-0.25, -0.2) is 8.42 Å². The lowest BCUT2D eigenvalue weighted by Gasteiger charge is -2.04. The first-order chi connectivity index (χ1) is 8.04. The van der Waals surface area contributed by atoms with Gasteiger partial charge in [0.2, 0.25) is 0 Å². The Balaban J connectivity index is 1.90. The molecule has 0 atom stereocenters. The Morgan fingerprint density at radius 1 is 1.29 bits per heavy atom. The van der Waals surface area contributed by atoms with E-state index in [0.29, 0.717) is 13.1 Å². The molecule has 1 aromatic heterocycles. The standard InChI is InChI=1S/C12H16N2O2S/c1-17(15,16)7-6-13-9-10-2-3-12-11(8-10)4-5-14-12/h2-5,8,13-14H,6-7,9H2,1H3. The molecule has 0 saturated heterocycles. The summed E-state index contributed by atoms with van der Waals surface area (Å²) < 4.78 is 21.9. The number of benzene rings is 1. The summed E-state index contributed by atoms with van der Waals surface area (Å²) in [5, 5.41) is 4.30. The maximum absolute atomic E-state index is 10.9. The molecule has 0 spiro atoms. The Labute approximate surface area is 101 Å². The molecule has 5 heteroatoms. The number of aromatic amines is 1. The Bertz CT molecular complexity index is 602. The van der Waals surface area contributed by atoms with Gasteiger partial charge >= 0.3 is 0 Å². The van der Waals surface area contributed by atoms with Crippen LogP contribution in [0.2, 0.25) is 0 Å². The maximum atomic E-state index is 10.9. The average Bonchev–Trinajstić information content (AvgIpc) is 2.70. The van der Waals surface area contributed by atoms with Gasteiger partial charge < -0.3 is 10.3 Å². The smallest absolute Gasteiger partial charge is 0.148 e. The molecule has 0 radical (unpaired) electrons. The van der Waals surface area contributed by atoms with Crippen molar-refractivity contribution in [2.24, 2.45) is 0 Å². The molecule has 0 aliphatic rings. The number of hydrogen-bond donors (Lipinski definition) is 2. The normalized spacial score (nSPS) is 12.1. The first-order valence-corrected chi connectivity index (χ1v) is 7.55. The molecule has 1 heterocycles. The van der Waals surface area contributed by atoms with Gasteiger partial charge in [0.25, 0.3) is 0 Å². The maximum Gasteiger partial charge on any atom is 0.148 e. The van der Waals surface area contributed by atoms with Crippen molar-refractivity contribution in [3.63, 3.8) is 0 Å². The number of aromatic nitrogens is 1. The predicted molar refractivity (Wildman–Crippen MR) is 69.7 cm³/mol. The third-order valence-electron chi connectivity index (χ3n) is 2.60. The lowest BCUT2D eigenvalue weighted by molar-refractivity contribution is 0.596. The minimum atomic E-state index is -2.87. The van der Waals surface area contributed by atoms with Gasteiger partial charge in [-0.05, 0) is 29.1 Å². The van der Waals surface area contributed by atoms with Crippen molar-refractivity contribution < 1.29 is 8.42 Å². The molecule has 2 N–H and O–H groups in total. The molecule has 0 bridgehead atoms. The van der Waals surface area contributed by atoms with Crippen LogP contribution in [0.4, 0.5) is 0 Å². The lowest BCUT2D eigenvalue weighted by Crippen LogP contribution is -2.21. The van der Waals surface area contributed by atoms with Gasteiger partial charge in [0.15, 0.2) is 0 Å². The van der Waals surface area contributed by atoms with Crippen LogP contribution in [0.25, 0.3) is 10.9 Å². The summed E-state index contributed by atoms with van der Waals surface area (Å²) in [5.74, 6) is 0.180. The lowest BCUT2D eigenvalue weighted by atomic mass is 10.1. The van der Waals surface area contributed by atoms with Crippen LogP contribution in [0.3, 0.4) is 0 Å². The number of sulfone groups is 1. The van der Waals surface area contributed by atoms with E-state index in [1.165, 1.54) is 11.6 Å². The third-order valence-corrected chi connectivity index (χ3v) is 3.54. The molecular weight excluding hydrogens is 236 g/mol. The number of rotatable bonds is 5. The Hall–Kier alpha value is -1.33. The zero-order chi connectivity index (χ0) is 12.3. The van der Waals surface area contributed by atoms with Gasteiger partial charge in [0.05, 0.1) is 5.75 Å². The SMILES string of the molecule is CS(=O)(=O)CCNCc1ccc2[nH]ccc2c1. The van der Waals surface area contributed by atoms with Gasteiger partial charge in [-0.2, -0.15) is 0 Å². The van der Waals surface area contributed by atoms with Crippen LogP contribution in [-0.2, 0) is 16.4 Å². The van der Waals surface area contributed by atoms with E-state index in [-0.39, 0.29) is 5.75 Å². The molecule has 17 heavy (non-hydrogen) atoms. The molecule has 0 unspecified atom stereocenters. The molecule has 0 aliphatic carbocycles. The van der Waals surface area contributed by atoms with E-state index in [9.17, 15) is 8.42 Å². The summed E-state index contributed by atoms with van der Waals surface area (Å²) in [5.41, 5.74) is 2.27. The van der Waals surface area contributed by atoms with Crippen LogP contribution in [0.15, 0.2) is 30.5 Å². The summed E-state index contributed by atoms with van der Waals surface area (Å²) in [7, 11) is -2.87. The molecule has 4 nitrogen and oxygen atoms in total. The average molecular weight is 252 g/mol. The van der Waals surface area contributed by atoms with Crippen LogP contribution in [-0.4, -0.2) is 32.0 Å². The quantitative estimate of drug-likeness (QED) is 0.789. The number of H-pyrrole nitrogens is 1. The third kappa shape index (κ3) is 3.57. The van der Waals surface area contributed by atoms with E-state index in [2.05, 4.69) is 16.4 Å². The van der Waals surface area contributed by atoms with Crippen molar-refractivity contribution in [2.75, 3.05) is 18.6 Å². The summed E-state index contributed by atoms with van der Waals surface area (Å²) in [4.78, 5) is 3.13. The summed E-state index contributed by atoms with van der Waals surface area (Å²) in [6, 6.07) is 8.18. The van der Waals surface area contributed by atoms with E-state index in [0.717, 1.165) is 11.1 Å². The number of fused-ring (bicyclic) bond motifs is 1. The fraction of sp³-hybridized carbons (Fsp3) is 0.333. The summed E-state index contributed by atoms with van der Waals surface area (Å²) in [6.45, 7) is 1.18. The number of nitrogens with one attached hydrogen (secondary N) is 2. The second-order valence-electron chi connectivity index (χ2n) is 4.21. The van der Waals surface area contributed by atoms with Gasteiger partial charge in [-0.1, -0.05) is 6.07 Å². The highest BCUT2D eigenvalue weighted by molar-refractivity contribution is 7.90. The van der Waals surface area contributed by atoms with Crippen LogP contribution >= 0.6 is 0 Å². The fourth-order valence-electron chi connectivity index (χ4n) is 1.70. The van der Waals surface area contributed by atoms with Crippen molar-refractivity contribution in [2.45, 2.75) is 6.54 Å². The van der Waals surface area contributed by atoms with E-state index in [4.69, 9.17) is 0 Å². The first-order valence-electron chi connectivity index (χ1n) is 5.49. The number of hydrogen-bond acceptors (Lipinski definition) is 3. The molecule has 92 valence electrons. The van der Waals surface area contributed by atoms with E-state index in [1.807, 2.05) is 24.4 Å². The minimum Gasteiger partial charge on any atom is -0.361 e. The van der Waals surface area contributed by atoms with Crippen LogP contribution in [0.5, 0.6) is 0 Å². The molecule has 2 aromatic rings. The molecule has 0 fully saturated rings. The zero-order valence-corrected chi connectivity index (χ0v) is 10.5. The van der Waals surface area contributed by atoms with Gasteiger partial charge in [0.1, 0.15) is 9.84 Å². The van der Waals surface area contributed by atoms with Crippen molar-refractivity contribution in [3.05, 3.63) is 36.0 Å². The molecule has 1 aromatic carbocycles. The Kier molecular flexibility index (Phi) is 3.49.